The van der Waals surface area contributed by atoms with E-state index in [2.05, 4.69) is 5.73 Å². The van der Waals surface area contributed by atoms with Crippen LogP contribution >= 0.6 is 0 Å². The minimum Gasteiger partial charge on any atom is -0.465 e. The first-order valence-electron chi connectivity index (χ1n) is 1.34. The summed E-state index contributed by atoms with van der Waals surface area (Å²) in [6.07, 6.45) is -0.472. The fourth-order valence-electron chi connectivity index (χ4n) is 0. The zero-order chi connectivity index (χ0) is 6.99. The van der Waals surface area contributed by atoms with Crippen LogP contribution in [0.2, 0.25) is 0 Å². The Kier molecular flexibility index (Phi) is 11.0. The standard InChI is InChI=1S/CHNO2.CH3NO2/c3-1-2-4;2-1(3)4/h4H;2H2,(H,3,4). The molecule has 46 valence electrons. The number of carbonyl (C=O) groups is 1. The monoisotopic (exact) mass is 120 g/mol. The Balaban J connectivity index is 0. The summed E-state index contributed by atoms with van der Waals surface area (Å²) in [5, 5.41) is 16.2. The lowest BCUT2D eigenvalue weighted by Crippen LogP contribution is -2.03. The molecule has 4 N–H and O–H groups in total. The Morgan fingerprint density at radius 3 is 1.88 bits per heavy atom. The number of nitrogens with zero attached hydrogens (tertiary/aromatic N) is 1. The summed E-state index contributed by atoms with van der Waals surface area (Å²) in [7, 11) is 0. The number of rotatable bonds is 0. The van der Waals surface area contributed by atoms with Crippen LogP contribution in [0.25, 0.3) is 0 Å². The highest BCUT2D eigenvalue weighted by Gasteiger charge is 1.65. The fraction of sp³-hybridized carbons (Fsp3) is 0. The molecule has 0 fully saturated rings. The molecule has 0 aliphatic carbocycles. The van der Waals surface area contributed by atoms with Crippen LogP contribution in [0.4, 0.5) is 4.79 Å². The molecule has 0 rings (SSSR count). The molecule has 0 saturated carbocycles. The van der Waals surface area contributed by atoms with Crippen LogP contribution < -0.4 is 5.73 Å². The van der Waals surface area contributed by atoms with Crippen molar-refractivity contribution in [2.75, 3.05) is 0 Å². The van der Waals surface area contributed by atoms with Gasteiger partial charge >= 0.3 is 6.09 Å². The summed E-state index contributed by atoms with van der Waals surface area (Å²) < 4.78 is 0. The molecule has 0 aromatic carbocycles. The van der Waals surface area contributed by atoms with Crippen molar-refractivity contribution in [3.8, 4) is 0 Å². The Morgan fingerprint density at radius 1 is 1.75 bits per heavy atom. The second-order valence-corrected chi connectivity index (χ2v) is 0.530. The molecule has 0 aromatic heterocycles. The summed E-state index contributed by atoms with van der Waals surface area (Å²) in [4.78, 5) is 17.4. The van der Waals surface area contributed by atoms with Crippen LogP contribution in [0, 0.1) is 0 Å². The topological polar surface area (TPSA) is 113 Å². The summed E-state index contributed by atoms with van der Waals surface area (Å²) >= 11 is 0. The smallest absolute Gasteiger partial charge is 0.402 e. The predicted octanol–water partition coefficient (Wildman–Crippen LogP) is -0.666. The van der Waals surface area contributed by atoms with Crippen molar-refractivity contribution in [1.82, 2.24) is 0 Å². The molecule has 0 spiro atoms. The molecule has 0 bridgehead atoms. The number of nitrogens with two attached hydrogens (primary N) is 1. The van der Waals surface area contributed by atoms with E-state index in [9.17, 15) is 0 Å². The largest absolute Gasteiger partial charge is 0.465 e. The van der Waals surface area contributed by atoms with Crippen LogP contribution in [-0.2, 0) is 4.79 Å². The maximum atomic E-state index is 8.78. The first-order chi connectivity index (χ1) is 3.65. The minimum atomic E-state index is -1.33. The maximum Gasteiger partial charge on any atom is 0.402 e. The Morgan fingerprint density at radius 2 is 1.88 bits per heavy atom. The quantitative estimate of drug-likeness (QED) is 0.170. The second kappa shape index (κ2) is 9.07. The van der Waals surface area contributed by atoms with E-state index in [0.717, 1.165) is 6.08 Å². The van der Waals surface area contributed by atoms with E-state index >= 15 is 0 Å². The summed E-state index contributed by atoms with van der Waals surface area (Å²) in [5.74, 6) is 0. The number of isocyanates is 1. The number of carboxylic acid groups (broad SMARTS) is 1. The number of hydrogen-bond acceptors (Lipinski definition) is 4. The minimum absolute atomic E-state index is 0.861. The van der Waals surface area contributed by atoms with Crippen molar-refractivity contribution in [1.29, 1.82) is 0 Å². The van der Waals surface area contributed by atoms with E-state index in [-0.39, 0.29) is 0 Å². The van der Waals surface area contributed by atoms with Gasteiger partial charge in [-0.1, -0.05) is 0 Å². The molecule has 0 aliphatic heterocycles. The highest BCUT2D eigenvalue weighted by atomic mass is 16.4. The average Bonchev–Trinajstić information content (AvgIpc) is 1.65. The van der Waals surface area contributed by atoms with Crippen molar-refractivity contribution in [2.45, 2.75) is 0 Å². The highest BCUT2D eigenvalue weighted by Crippen LogP contribution is 1.34. The molecule has 1 amide bonds. The molecule has 0 radical (unpaired) electrons. The van der Waals surface area contributed by atoms with Gasteiger partial charge in [-0.3, -0.25) is 0 Å². The lowest BCUT2D eigenvalue weighted by Gasteiger charge is -1.61. The Labute approximate surface area is 44.2 Å². The molecule has 0 aliphatic rings. The molecule has 0 atom stereocenters. The van der Waals surface area contributed by atoms with Crippen LogP contribution in [-0.4, -0.2) is 22.5 Å². The lowest BCUT2D eigenvalue weighted by molar-refractivity contribution is 0.205. The van der Waals surface area contributed by atoms with Gasteiger partial charge in [-0.05, 0) is 0 Å². The van der Waals surface area contributed by atoms with Gasteiger partial charge in [0.2, 0.25) is 0 Å². The van der Waals surface area contributed by atoms with E-state index in [1.165, 1.54) is 0 Å². The van der Waals surface area contributed by atoms with Crippen LogP contribution in [0.5, 0.6) is 0 Å². The van der Waals surface area contributed by atoms with Crippen molar-refractivity contribution >= 4 is 12.2 Å². The molecule has 0 aromatic rings. The van der Waals surface area contributed by atoms with Crippen molar-refractivity contribution < 1.29 is 19.9 Å². The van der Waals surface area contributed by atoms with E-state index < -0.39 is 6.09 Å². The molecule has 8 heavy (non-hydrogen) atoms. The van der Waals surface area contributed by atoms with Gasteiger partial charge < -0.3 is 16.0 Å². The van der Waals surface area contributed by atoms with E-state index in [1.807, 2.05) is 5.16 Å². The van der Waals surface area contributed by atoms with Crippen molar-refractivity contribution in [3.63, 3.8) is 0 Å². The molecular weight excluding hydrogens is 116 g/mol. The third-order valence-corrected chi connectivity index (χ3v) is 0.0408. The van der Waals surface area contributed by atoms with Gasteiger partial charge in [0.1, 0.15) is 0 Å². The van der Waals surface area contributed by atoms with Gasteiger partial charge in [0.25, 0.3) is 6.08 Å². The maximum absolute atomic E-state index is 8.78. The van der Waals surface area contributed by atoms with E-state index in [1.54, 1.807) is 0 Å². The first kappa shape index (κ1) is 9.67. The molecule has 0 unspecified atom stereocenters. The number of amides is 1. The van der Waals surface area contributed by atoms with Crippen molar-refractivity contribution in [2.24, 2.45) is 10.9 Å². The summed E-state index contributed by atoms with van der Waals surface area (Å²) in [6, 6.07) is 0. The third kappa shape index (κ3) is 175. The van der Waals surface area contributed by atoms with Crippen LogP contribution in [0.1, 0.15) is 0 Å². The molecule has 6 heteroatoms. The molecule has 0 saturated heterocycles. The SMILES string of the molecule is NC(=O)O.O=C=NO. The van der Waals surface area contributed by atoms with Gasteiger partial charge in [0.15, 0.2) is 0 Å². The second-order valence-electron chi connectivity index (χ2n) is 0.530. The first-order valence-corrected chi connectivity index (χ1v) is 1.34. The Hall–Kier alpha value is -1.55. The van der Waals surface area contributed by atoms with Gasteiger partial charge in [0, 0.05) is 5.16 Å². The fourth-order valence-corrected chi connectivity index (χ4v) is 0. The van der Waals surface area contributed by atoms with Gasteiger partial charge in [-0.15, -0.1) is 0 Å². The van der Waals surface area contributed by atoms with Gasteiger partial charge in [-0.25, -0.2) is 9.59 Å². The zero-order valence-corrected chi connectivity index (χ0v) is 3.74. The van der Waals surface area contributed by atoms with E-state index in [0.29, 0.717) is 0 Å². The van der Waals surface area contributed by atoms with Gasteiger partial charge in [-0.2, -0.15) is 0 Å². The number of primary amides is 1. The summed E-state index contributed by atoms with van der Waals surface area (Å²) in [5.41, 5.74) is 4.03. The molecule has 6 nitrogen and oxygen atoms in total. The summed E-state index contributed by atoms with van der Waals surface area (Å²) in [6.45, 7) is 0. The van der Waals surface area contributed by atoms with E-state index in [4.69, 9.17) is 19.9 Å². The normalized spacial score (nSPS) is 5.00. The van der Waals surface area contributed by atoms with Gasteiger partial charge in [0.05, 0.1) is 0 Å². The number of carbonyl (C=O) groups excluding carboxylic acids is 1. The van der Waals surface area contributed by atoms with Crippen LogP contribution in [0.3, 0.4) is 0 Å². The van der Waals surface area contributed by atoms with Crippen molar-refractivity contribution in [3.05, 3.63) is 0 Å². The zero-order valence-electron chi connectivity index (χ0n) is 3.74. The number of hydrogen-bond donors (Lipinski definition) is 3. The highest BCUT2D eigenvalue weighted by molar-refractivity contribution is 5.61. The van der Waals surface area contributed by atoms with Crippen LogP contribution in [0.15, 0.2) is 5.16 Å². The molecular formula is C2H4N2O4. The Bertz CT molecular complexity index is 101. The lowest BCUT2D eigenvalue weighted by atomic mass is 11.3. The third-order valence-electron chi connectivity index (χ3n) is 0.0408. The predicted molar refractivity (Wildman–Crippen MR) is 22.1 cm³/mol. The molecule has 0 heterocycles. The average molecular weight is 120 g/mol.